The monoisotopic (exact) mass is 446 g/mol. The Balaban J connectivity index is 1.70. The first-order valence-corrected chi connectivity index (χ1v) is 12.5. The summed E-state index contributed by atoms with van der Waals surface area (Å²) in [5.74, 6) is 0.0194. The van der Waals surface area contributed by atoms with E-state index in [9.17, 15) is 19.8 Å². The Morgan fingerprint density at radius 3 is 2.50 bits per heavy atom. The van der Waals surface area contributed by atoms with E-state index in [1.54, 1.807) is 13.0 Å². The van der Waals surface area contributed by atoms with Crippen molar-refractivity contribution in [3.8, 4) is 0 Å². The van der Waals surface area contributed by atoms with Crippen LogP contribution in [0, 0.1) is 34.0 Å². The van der Waals surface area contributed by atoms with Crippen LogP contribution in [0.4, 0.5) is 0 Å². The summed E-state index contributed by atoms with van der Waals surface area (Å²) in [6.07, 6.45) is 7.02. The molecule has 0 radical (unpaired) electrons. The van der Waals surface area contributed by atoms with Crippen LogP contribution in [-0.2, 0) is 14.3 Å². The van der Waals surface area contributed by atoms with Gasteiger partial charge in [0.05, 0.1) is 11.7 Å². The zero-order valence-electron chi connectivity index (χ0n) is 20.7. The van der Waals surface area contributed by atoms with Crippen LogP contribution in [0.25, 0.3) is 0 Å². The Labute approximate surface area is 193 Å². The molecule has 0 spiro atoms. The molecule has 0 aromatic heterocycles. The summed E-state index contributed by atoms with van der Waals surface area (Å²) in [6.45, 7) is 12.5. The van der Waals surface area contributed by atoms with E-state index in [1.807, 2.05) is 0 Å². The highest BCUT2D eigenvalue weighted by Gasteiger charge is 2.66. The summed E-state index contributed by atoms with van der Waals surface area (Å²) >= 11 is 0. The minimum absolute atomic E-state index is 0.0171. The van der Waals surface area contributed by atoms with E-state index in [4.69, 9.17) is 4.74 Å². The molecule has 5 heteroatoms. The smallest absolute Gasteiger partial charge is 0.302 e. The molecular weight excluding hydrogens is 404 g/mol. The topological polar surface area (TPSA) is 83.8 Å². The number of aliphatic hydroxyl groups is 2. The highest BCUT2D eigenvalue weighted by molar-refractivity contribution is 5.96. The molecule has 8 unspecified atom stereocenters. The molecule has 4 aliphatic carbocycles. The van der Waals surface area contributed by atoms with E-state index in [0.717, 1.165) is 25.7 Å². The number of Topliss-reactive ketones (excluding diaryl/α,β-unsaturated/α-hetero) is 1. The number of carbonyl (C=O) groups excluding carboxylic acids is 2. The van der Waals surface area contributed by atoms with Gasteiger partial charge in [-0.25, -0.2) is 0 Å². The molecular formula is C27H42O5. The first-order chi connectivity index (χ1) is 14.7. The normalized spacial score (nSPS) is 48.3. The lowest BCUT2D eigenvalue weighted by atomic mass is 9.39. The summed E-state index contributed by atoms with van der Waals surface area (Å²) in [5.41, 5.74) is -0.592. The SMILES string of the molecule is CC(=O)OC1CC2(C)CC(O)(C3CC(=O)C(C)=CC3O)CCC2C2(C)CCCC(C)(C)C12. The third kappa shape index (κ3) is 3.68. The lowest BCUT2D eigenvalue weighted by Crippen LogP contribution is -2.65. The number of esters is 1. The van der Waals surface area contributed by atoms with Gasteiger partial charge in [0.25, 0.3) is 0 Å². The van der Waals surface area contributed by atoms with Gasteiger partial charge in [0, 0.05) is 25.2 Å². The van der Waals surface area contributed by atoms with Gasteiger partial charge in [0.15, 0.2) is 5.78 Å². The van der Waals surface area contributed by atoms with E-state index in [1.165, 1.54) is 13.3 Å². The highest BCUT2D eigenvalue weighted by Crippen LogP contribution is 2.69. The van der Waals surface area contributed by atoms with Gasteiger partial charge in [0.2, 0.25) is 0 Å². The van der Waals surface area contributed by atoms with Crippen LogP contribution in [0.5, 0.6) is 0 Å². The molecule has 5 nitrogen and oxygen atoms in total. The second-order valence-electron chi connectivity index (χ2n) is 12.8. The van der Waals surface area contributed by atoms with Crippen LogP contribution >= 0.6 is 0 Å². The molecule has 0 saturated heterocycles. The number of rotatable bonds is 2. The van der Waals surface area contributed by atoms with Crippen LogP contribution in [0.2, 0.25) is 0 Å². The largest absolute Gasteiger partial charge is 0.462 e. The predicted octanol–water partition coefficient (Wildman–Crippen LogP) is 4.59. The number of ketones is 1. The quantitative estimate of drug-likeness (QED) is 0.606. The van der Waals surface area contributed by atoms with E-state index in [2.05, 4.69) is 27.7 Å². The fraction of sp³-hybridized carbons (Fsp3) is 0.852. The maximum Gasteiger partial charge on any atom is 0.302 e. The molecule has 0 bridgehead atoms. The van der Waals surface area contributed by atoms with Crippen molar-refractivity contribution in [2.45, 2.75) is 111 Å². The number of hydrogen-bond donors (Lipinski definition) is 2. The van der Waals surface area contributed by atoms with Gasteiger partial charge in [-0.15, -0.1) is 0 Å². The second kappa shape index (κ2) is 7.66. The summed E-state index contributed by atoms with van der Waals surface area (Å²) in [6, 6.07) is 0. The number of carbonyl (C=O) groups is 2. The summed E-state index contributed by atoms with van der Waals surface area (Å²) < 4.78 is 6.01. The van der Waals surface area contributed by atoms with Crippen molar-refractivity contribution in [2.75, 3.05) is 0 Å². The van der Waals surface area contributed by atoms with Crippen LogP contribution in [0.1, 0.15) is 92.9 Å². The van der Waals surface area contributed by atoms with Gasteiger partial charge < -0.3 is 14.9 Å². The number of fused-ring (bicyclic) bond motifs is 3. The highest BCUT2D eigenvalue weighted by atomic mass is 16.5. The van der Waals surface area contributed by atoms with Crippen molar-refractivity contribution in [3.63, 3.8) is 0 Å². The van der Waals surface area contributed by atoms with Crippen molar-refractivity contribution in [1.82, 2.24) is 0 Å². The molecule has 0 aromatic rings. The molecule has 8 atom stereocenters. The fourth-order valence-electron chi connectivity index (χ4n) is 9.11. The Morgan fingerprint density at radius 2 is 1.84 bits per heavy atom. The Morgan fingerprint density at radius 1 is 1.16 bits per heavy atom. The number of aliphatic hydroxyl groups excluding tert-OH is 1. The fourth-order valence-corrected chi connectivity index (χ4v) is 9.11. The molecule has 3 fully saturated rings. The first kappa shape index (κ1) is 23.9. The lowest BCUT2D eigenvalue weighted by molar-refractivity contribution is -0.236. The summed E-state index contributed by atoms with van der Waals surface area (Å²) in [4.78, 5) is 24.5. The van der Waals surface area contributed by atoms with Gasteiger partial charge in [-0.2, -0.15) is 0 Å². The van der Waals surface area contributed by atoms with Gasteiger partial charge in [-0.3, -0.25) is 9.59 Å². The van der Waals surface area contributed by atoms with Gasteiger partial charge in [-0.1, -0.05) is 34.1 Å². The summed E-state index contributed by atoms with van der Waals surface area (Å²) in [5, 5.41) is 22.7. The van der Waals surface area contributed by atoms with E-state index in [0.29, 0.717) is 30.3 Å². The molecule has 180 valence electrons. The van der Waals surface area contributed by atoms with E-state index in [-0.39, 0.29) is 40.5 Å². The molecule has 0 aromatic carbocycles. The van der Waals surface area contributed by atoms with Gasteiger partial charge in [0.1, 0.15) is 6.10 Å². The molecule has 32 heavy (non-hydrogen) atoms. The first-order valence-electron chi connectivity index (χ1n) is 12.5. The maximum absolute atomic E-state index is 12.4. The molecule has 0 aliphatic heterocycles. The number of hydrogen-bond acceptors (Lipinski definition) is 5. The molecule has 4 rings (SSSR count). The number of ether oxygens (including phenoxy) is 1. The van der Waals surface area contributed by atoms with Crippen LogP contribution < -0.4 is 0 Å². The molecule has 0 amide bonds. The minimum Gasteiger partial charge on any atom is -0.462 e. The minimum atomic E-state index is -1.09. The zero-order valence-corrected chi connectivity index (χ0v) is 20.7. The second-order valence-corrected chi connectivity index (χ2v) is 12.8. The standard InChI is InChI=1S/C27H42O5/c1-16-12-20(30)18(13-19(16)29)27(31)11-8-22-25(5,15-27)14-21(32-17(2)28)23-24(3,4)9-7-10-26(22,23)6/h12,18,20-23,30-31H,7-11,13-15H2,1-6H3. The Kier molecular flexibility index (Phi) is 5.73. The Bertz CT molecular complexity index is 830. The average Bonchev–Trinajstić information content (AvgIpc) is 2.62. The molecule has 2 N–H and O–H groups in total. The zero-order chi connectivity index (χ0) is 23.7. The van der Waals surface area contributed by atoms with Crippen LogP contribution in [-0.4, -0.2) is 39.8 Å². The average molecular weight is 447 g/mol. The van der Waals surface area contributed by atoms with Gasteiger partial charge >= 0.3 is 5.97 Å². The van der Waals surface area contributed by atoms with Crippen LogP contribution in [0.15, 0.2) is 11.6 Å². The van der Waals surface area contributed by atoms with Crippen molar-refractivity contribution < 1.29 is 24.5 Å². The molecule has 4 aliphatic rings. The molecule has 0 heterocycles. The summed E-state index contributed by atoms with van der Waals surface area (Å²) in [7, 11) is 0. The van der Waals surface area contributed by atoms with Crippen molar-refractivity contribution in [3.05, 3.63) is 11.6 Å². The maximum atomic E-state index is 12.4. The third-order valence-electron chi connectivity index (χ3n) is 10.0. The van der Waals surface area contributed by atoms with Crippen LogP contribution in [0.3, 0.4) is 0 Å². The predicted molar refractivity (Wildman–Crippen MR) is 123 cm³/mol. The Hall–Kier alpha value is -1.20. The molecule has 3 saturated carbocycles. The number of allylic oxidation sites excluding steroid dienone is 1. The van der Waals surface area contributed by atoms with E-state index >= 15 is 0 Å². The van der Waals surface area contributed by atoms with Crippen molar-refractivity contribution >= 4 is 11.8 Å². The van der Waals surface area contributed by atoms with Crippen molar-refractivity contribution in [2.24, 2.45) is 34.0 Å². The third-order valence-corrected chi connectivity index (χ3v) is 10.0. The lowest BCUT2D eigenvalue weighted by Gasteiger charge is -2.67. The van der Waals surface area contributed by atoms with Crippen molar-refractivity contribution in [1.29, 1.82) is 0 Å². The van der Waals surface area contributed by atoms with E-state index < -0.39 is 17.6 Å². The van der Waals surface area contributed by atoms with Gasteiger partial charge in [-0.05, 0) is 79.3 Å².